The van der Waals surface area contributed by atoms with Gasteiger partial charge in [-0.2, -0.15) is 0 Å². The number of halogens is 2. The van der Waals surface area contributed by atoms with Crippen LogP contribution in [0.25, 0.3) is 0 Å². The summed E-state index contributed by atoms with van der Waals surface area (Å²) in [5, 5.41) is 0. The lowest BCUT2D eigenvalue weighted by Crippen LogP contribution is -2.29. The third-order valence-corrected chi connectivity index (χ3v) is 2.88. The van der Waals surface area contributed by atoms with E-state index in [0.717, 1.165) is 0 Å². The van der Waals surface area contributed by atoms with Crippen LogP contribution in [0.4, 0.5) is 8.78 Å². The maximum Gasteiger partial charge on any atom is 0.131 e. The molecule has 1 atom stereocenters. The van der Waals surface area contributed by atoms with E-state index in [9.17, 15) is 8.78 Å². The van der Waals surface area contributed by atoms with Crippen LogP contribution in [0.5, 0.6) is 0 Å². The summed E-state index contributed by atoms with van der Waals surface area (Å²) in [7, 11) is 0. The van der Waals surface area contributed by atoms with E-state index in [0.29, 0.717) is 16.7 Å². The van der Waals surface area contributed by atoms with Crippen molar-refractivity contribution in [3.63, 3.8) is 0 Å². The second-order valence-electron chi connectivity index (χ2n) is 4.13. The highest BCUT2D eigenvalue weighted by Gasteiger charge is 2.17. The summed E-state index contributed by atoms with van der Waals surface area (Å²) in [5.74, 6) is 4.76. The van der Waals surface area contributed by atoms with Crippen LogP contribution < -0.4 is 11.3 Å². The summed E-state index contributed by atoms with van der Waals surface area (Å²) in [6, 6.07) is 10.4. The van der Waals surface area contributed by atoms with Crippen molar-refractivity contribution in [2.75, 3.05) is 0 Å². The van der Waals surface area contributed by atoms with E-state index in [1.54, 1.807) is 37.3 Å². The van der Waals surface area contributed by atoms with Crippen LogP contribution in [0.2, 0.25) is 0 Å². The Balaban J connectivity index is 2.49. The molecular formula is C14H14F2N2. The first kappa shape index (κ1) is 12.7. The third kappa shape index (κ3) is 2.39. The van der Waals surface area contributed by atoms with Crippen LogP contribution >= 0.6 is 0 Å². The molecule has 0 saturated heterocycles. The average Bonchev–Trinajstić information content (AvgIpc) is 2.35. The topological polar surface area (TPSA) is 38.0 Å². The lowest BCUT2D eigenvalue weighted by molar-refractivity contribution is 0.550. The third-order valence-electron chi connectivity index (χ3n) is 2.88. The number of hydrazine groups is 1. The molecule has 0 aromatic heterocycles. The van der Waals surface area contributed by atoms with Gasteiger partial charge in [-0.25, -0.2) is 14.2 Å². The average molecular weight is 248 g/mol. The molecule has 2 nitrogen and oxygen atoms in total. The maximum absolute atomic E-state index is 14.0. The molecule has 18 heavy (non-hydrogen) atoms. The molecule has 3 N–H and O–H groups in total. The van der Waals surface area contributed by atoms with E-state index in [4.69, 9.17) is 5.84 Å². The lowest BCUT2D eigenvalue weighted by atomic mass is 9.97. The molecule has 0 amide bonds. The Labute approximate surface area is 104 Å². The summed E-state index contributed by atoms with van der Waals surface area (Å²) in [6.45, 7) is 1.68. The molecule has 0 bridgehead atoms. The predicted octanol–water partition coefficient (Wildman–Crippen LogP) is 2.83. The number of nitrogens with two attached hydrogens (primary N) is 1. The molecule has 0 aliphatic carbocycles. The molecule has 0 heterocycles. The monoisotopic (exact) mass is 248 g/mol. The first-order chi connectivity index (χ1) is 8.63. The smallest absolute Gasteiger partial charge is 0.131 e. The summed E-state index contributed by atoms with van der Waals surface area (Å²) in [5.41, 5.74) is 4.05. The molecule has 4 heteroatoms. The van der Waals surface area contributed by atoms with Gasteiger partial charge in [0.1, 0.15) is 11.6 Å². The normalized spacial score (nSPS) is 12.4. The van der Waals surface area contributed by atoms with E-state index in [2.05, 4.69) is 5.43 Å². The van der Waals surface area contributed by atoms with Crippen LogP contribution in [0, 0.1) is 18.6 Å². The van der Waals surface area contributed by atoms with E-state index in [1.807, 2.05) is 0 Å². The summed E-state index contributed by atoms with van der Waals surface area (Å²) < 4.78 is 27.2. The Bertz CT molecular complexity index is 555. The van der Waals surface area contributed by atoms with Gasteiger partial charge in [0, 0.05) is 5.56 Å². The van der Waals surface area contributed by atoms with Gasteiger partial charge in [-0.15, -0.1) is 0 Å². The minimum absolute atomic E-state index is 0.329. The Hall–Kier alpha value is -1.78. The Kier molecular flexibility index (Phi) is 3.69. The molecule has 2 rings (SSSR count). The Morgan fingerprint density at radius 1 is 1.11 bits per heavy atom. The zero-order valence-electron chi connectivity index (χ0n) is 9.95. The summed E-state index contributed by atoms with van der Waals surface area (Å²) in [6.07, 6.45) is 0. The number of nitrogens with one attached hydrogen (secondary N) is 1. The second kappa shape index (κ2) is 5.25. The minimum atomic E-state index is -0.569. The van der Waals surface area contributed by atoms with Crippen LogP contribution in [0.15, 0.2) is 42.5 Å². The first-order valence-electron chi connectivity index (χ1n) is 5.60. The van der Waals surface area contributed by atoms with Gasteiger partial charge in [0.15, 0.2) is 0 Å². The molecule has 94 valence electrons. The molecule has 0 fully saturated rings. The maximum atomic E-state index is 14.0. The number of aryl methyl sites for hydroxylation is 1. The molecule has 2 aromatic carbocycles. The SMILES string of the molecule is Cc1cccc(C(NN)c2cccc(F)c2)c1F. The van der Waals surface area contributed by atoms with Gasteiger partial charge in [0.05, 0.1) is 6.04 Å². The van der Waals surface area contributed by atoms with Crippen molar-refractivity contribution in [1.29, 1.82) is 0 Å². The molecule has 0 saturated carbocycles. The quantitative estimate of drug-likeness (QED) is 0.647. The van der Waals surface area contributed by atoms with E-state index in [1.165, 1.54) is 12.1 Å². The molecule has 1 unspecified atom stereocenters. The zero-order valence-corrected chi connectivity index (χ0v) is 9.95. The predicted molar refractivity (Wildman–Crippen MR) is 66.7 cm³/mol. The zero-order chi connectivity index (χ0) is 13.1. The number of rotatable bonds is 3. The largest absolute Gasteiger partial charge is 0.271 e. The summed E-state index contributed by atoms with van der Waals surface area (Å²) >= 11 is 0. The fourth-order valence-electron chi connectivity index (χ4n) is 1.94. The first-order valence-corrected chi connectivity index (χ1v) is 5.60. The van der Waals surface area contributed by atoms with Gasteiger partial charge < -0.3 is 0 Å². The second-order valence-corrected chi connectivity index (χ2v) is 4.13. The fourth-order valence-corrected chi connectivity index (χ4v) is 1.94. The Morgan fingerprint density at radius 2 is 1.83 bits per heavy atom. The van der Waals surface area contributed by atoms with E-state index in [-0.39, 0.29) is 11.6 Å². The van der Waals surface area contributed by atoms with Crippen LogP contribution in [0.3, 0.4) is 0 Å². The molecule has 0 spiro atoms. The number of benzene rings is 2. The Morgan fingerprint density at radius 3 is 2.50 bits per heavy atom. The highest BCUT2D eigenvalue weighted by Crippen LogP contribution is 2.25. The van der Waals surface area contributed by atoms with Gasteiger partial charge in [-0.05, 0) is 30.2 Å². The number of hydrogen-bond donors (Lipinski definition) is 2. The van der Waals surface area contributed by atoms with Crippen LogP contribution in [-0.2, 0) is 0 Å². The number of hydrogen-bond acceptors (Lipinski definition) is 2. The van der Waals surface area contributed by atoms with Crippen LogP contribution in [-0.4, -0.2) is 0 Å². The standard InChI is InChI=1S/C14H14F2N2/c1-9-4-2-7-12(13(9)16)14(18-17)10-5-3-6-11(15)8-10/h2-8,14,18H,17H2,1H3. The van der Waals surface area contributed by atoms with Gasteiger partial charge >= 0.3 is 0 Å². The van der Waals surface area contributed by atoms with Crippen molar-refractivity contribution in [2.45, 2.75) is 13.0 Å². The van der Waals surface area contributed by atoms with Crippen molar-refractivity contribution >= 4 is 0 Å². The van der Waals surface area contributed by atoms with Gasteiger partial charge in [0.25, 0.3) is 0 Å². The highest BCUT2D eigenvalue weighted by atomic mass is 19.1. The lowest BCUT2D eigenvalue weighted by Gasteiger charge is -2.18. The minimum Gasteiger partial charge on any atom is -0.271 e. The summed E-state index contributed by atoms with van der Waals surface area (Å²) in [4.78, 5) is 0. The van der Waals surface area contributed by atoms with Gasteiger partial charge in [-0.3, -0.25) is 5.84 Å². The van der Waals surface area contributed by atoms with Crippen molar-refractivity contribution in [3.8, 4) is 0 Å². The molecule has 0 aliphatic heterocycles. The molecule has 0 aliphatic rings. The van der Waals surface area contributed by atoms with Crippen molar-refractivity contribution in [2.24, 2.45) is 5.84 Å². The van der Waals surface area contributed by atoms with Gasteiger partial charge in [-0.1, -0.05) is 30.3 Å². The molecule has 0 radical (unpaired) electrons. The molecule has 2 aromatic rings. The van der Waals surface area contributed by atoms with Gasteiger partial charge in [0.2, 0.25) is 0 Å². The fraction of sp³-hybridized carbons (Fsp3) is 0.143. The van der Waals surface area contributed by atoms with Crippen LogP contribution in [0.1, 0.15) is 22.7 Å². The van der Waals surface area contributed by atoms with E-state index >= 15 is 0 Å². The van der Waals surface area contributed by atoms with Crippen molar-refractivity contribution in [1.82, 2.24) is 5.43 Å². The van der Waals surface area contributed by atoms with Crippen molar-refractivity contribution in [3.05, 3.63) is 70.8 Å². The highest BCUT2D eigenvalue weighted by molar-refractivity contribution is 5.35. The van der Waals surface area contributed by atoms with E-state index < -0.39 is 6.04 Å². The molecular weight excluding hydrogens is 234 g/mol. The van der Waals surface area contributed by atoms with Crippen molar-refractivity contribution < 1.29 is 8.78 Å².